The van der Waals surface area contributed by atoms with Gasteiger partial charge in [-0.05, 0) is 54.7 Å². The Morgan fingerprint density at radius 1 is 1.00 bits per heavy atom. The molecule has 2 rings (SSSR count). The molecular formula is C20H27FIN3O. The van der Waals surface area contributed by atoms with Gasteiger partial charge in [-0.15, -0.1) is 24.0 Å². The van der Waals surface area contributed by atoms with Crippen LogP contribution >= 0.6 is 24.0 Å². The fraction of sp³-hybridized carbons (Fsp3) is 0.350. The maximum Gasteiger partial charge on any atom is 0.190 e. The molecule has 0 aromatic heterocycles. The van der Waals surface area contributed by atoms with Crippen LogP contribution in [0.4, 0.5) is 4.39 Å². The van der Waals surface area contributed by atoms with E-state index in [0.717, 1.165) is 49.6 Å². The van der Waals surface area contributed by atoms with Crippen molar-refractivity contribution >= 4 is 29.9 Å². The highest BCUT2D eigenvalue weighted by Crippen LogP contribution is 2.11. The molecule has 0 fully saturated rings. The normalized spacial score (nSPS) is 10.8. The summed E-state index contributed by atoms with van der Waals surface area (Å²) in [6.45, 7) is 1.59. The molecule has 0 unspecified atom stereocenters. The van der Waals surface area contributed by atoms with Crippen molar-refractivity contribution in [2.45, 2.75) is 19.3 Å². The highest BCUT2D eigenvalue weighted by atomic mass is 127. The molecule has 142 valence electrons. The summed E-state index contributed by atoms with van der Waals surface area (Å²) < 4.78 is 18.3. The number of hydrogen-bond acceptors (Lipinski definition) is 2. The maximum absolute atomic E-state index is 13.1. The van der Waals surface area contributed by atoms with E-state index in [1.807, 2.05) is 18.2 Å². The zero-order valence-corrected chi connectivity index (χ0v) is 17.6. The zero-order chi connectivity index (χ0) is 17.9. The van der Waals surface area contributed by atoms with Gasteiger partial charge in [0.25, 0.3) is 0 Å². The lowest BCUT2D eigenvalue weighted by atomic mass is 10.1. The van der Waals surface area contributed by atoms with Crippen LogP contribution in [-0.2, 0) is 12.8 Å². The molecule has 6 heteroatoms. The second-order valence-corrected chi connectivity index (χ2v) is 5.76. The van der Waals surface area contributed by atoms with Gasteiger partial charge in [0.05, 0.1) is 7.11 Å². The fourth-order valence-electron chi connectivity index (χ4n) is 2.53. The Bertz CT molecular complexity index is 677. The van der Waals surface area contributed by atoms with E-state index in [2.05, 4.69) is 27.8 Å². The van der Waals surface area contributed by atoms with Crippen molar-refractivity contribution in [2.75, 3.05) is 27.2 Å². The molecule has 0 bridgehead atoms. The minimum absolute atomic E-state index is 0. The van der Waals surface area contributed by atoms with Gasteiger partial charge in [0.2, 0.25) is 0 Å². The van der Waals surface area contributed by atoms with Crippen molar-refractivity contribution in [3.63, 3.8) is 0 Å². The standard InChI is InChI=1S/C20H26FN3O.HI/c1-22-20(23-13-4-6-17-5-3-7-18(21)15-17)24-14-12-16-8-10-19(25-2)11-9-16;/h3,5,7-11,15H,4,6,12-14H2,1-2H3,(H2,22,23,24);1H. The number of hydrogen-bond donors (Lipinski definition) is 2. The molecule has 0 spiro atoms. The van der Waals surface area contributed by atoms with E-state index >= 15 is 0 Å². The Morgan fingerprint density at radius 2 is 1.73 bits per heavy atom. The smallest absolute Gasteiger partial charge is 0.190 e. The van der Waals surface area contributed by atoms with Gasteiger partial charge in [-0.25, -0.2) is 4.39 Å². The second kappa shape index (κ2) is 12.5. The molecule has 0 aliphatic heterocycles. The third-order valence-electron chi connectivity index (χ3n) is 3.91. The Morgan fingerprint density at radius 3 is 2.38 bits per heavy atom. The number of aryl methyl sites for hydroxylation is 1. The topological polar surface area (TPSA) is 45.7 Å². The number of halogens is 2. The fourth-order valence-corrected chi connectivity index (χ4v) is 2.53. The monoisotopic (exact) mass is 471 g/mol. The van der Waals surface area contributed by atoms with Gasteiger partial charge in [-0.2, -0.15) is 0 Å². The predicted molar refractivity (Wildman–Crippen MR) is 116 cm³/mol. The number of ether oxygens (including phenoxy) is 1. The van der Waals surface area contributed by atoms with Crippen molar-refractivity contribution in [3.8, 4) is 5.75 Å². The number of nitrogens with zero attached hydrogens (tertiary/aromatic N) is 1. The van der Waals surface area contributed by atoms with Crippen LogP contribution in [0, 0.1) is 5.82 Å². The number of nitrogens with one attached hydrogen (secondary N) is 2. The SMILES string of the molecule is CN=C(NCCCc1cccc(F)c1)NCCc1ccc(OC)cc1.I. The molecule has 2 N–H and O–H groups in total. The Balaban J connectivity index is 0.00000338. The van der Waals surface area contributed by atoms with E-state index in [4.69, 9.17) is 4.74 Å². The number of aliphatic imine (C=N–C) groups is 1. The van der Waals surface area contributed by atoms with Gasteiger partial charge in [0.15, 0.2) is 5.96 Å². The highest BCUT2D eigenvalue weighted by molar-refractivity contribution is 14.0. The van der Waals surface area contributed by atoms with Crippen LogP contribution in [0.3, 0.4) is 0 Å². The first-order chi connectivity index (χ1) is 12.2. The third-order valence-corrected chi connectivity index (χ3v) is 3.91. The highest BCUT2D eigenvalue weighted by Gasteiger charge is 2.00. The number of benzene rings is 2. The van der Waals surface area contributed by atoms with E-state index in [0.29, 0.717) is 0 Å². The van der Waals surface area contributed by atoms with Crippen LogP contribution in [0.25, 0.3) is 0 Å². The lowest BCUT2D eigenvalue weighted by molar-refractivity contribution is 0.414. The van der Waals surface area contributed by atoms with Crippen LogP contribution in [0.2, 0.25) is 0 Å². The molecule has 0 amide bonds. The summed E-state index contributed by atoms with van der Waals surface area (Å²) in [6.07, 6.45) is 2.67. The molecule has 2 aromatic rings. The van der Waals surface area contributed by atoms with E-state index in [1.54, 1.807) is 26.3 Å². The first kappa shape index (κ1) is 22.2. The molecule has 0 heterocycles. The minimum atomic E-state index is -0.179. The summed E-state index contributed by atoms with van der Waals surface area (Å²) >= 11 is 0. The van der Waals surface area contributed by atoms with Gasteiger partial charge in [-0.1, -0.05) is 24.3 Å². The number of guanidine groups is 1. The van der Waals surface area contributed by atoms with Crippen molar-refractivity contribution in [2.24, 2.45) is 4.99 Å². The van der Waals surface area contributed by atoms with Crippen molar-refractivity contribution < 1.29 is 9.13 Å². The number of rotatable bonds is 8. The van der Waals surface area contributed by atoms with Crippen LogP contribution in [0.1, 0.15) is 17.5 Å². The van der Waals surface area contributed by atoms with Crippen molar-refractivity contribution in [1.29, 1.82) is 0 Å². The molecule has 4 nitrogen and oxygen atoms in total. The Kier molecular flexibility index (Phi) is 10.7. The average Bonchev–Trinajstić information content (AvgIpc) is 2.64. The summed E-state index contributed by atoms with van der Waals surface area (Å²) in [5.41, 5.74) is 2.26. The van der Waals surface area contributed by atoms with E-state index in [9.17, 15) is 4.39 Å². The molecule has 0 aliphatic rings. The zero-order valence-electron chi connectivity index (χ0n) is 15.3. The Hall–Kier alpha value is -1.83. The first-order valence-corrected chi connectivity index (χ1v) is 8.53. The maximum atomic E-state index is 13.1. The first-order valence-electron chi connectivity index (χ1n) is 8.53. The predicted octanol–water partition coefficient (Wildman–Crippen LogP) is 3.79. The summed E-state index contributed by atoms with van der Waals surface area (Å²) in [6, 6.07) is 14.8. The van der Waals surface area contributed by atoms with Crippen molar-refractivity contribution in [3.05, 3.63) is 65.5 Å². The third kappa shape index (κ3) is 8.03. The summed E-state index contributed by atoms with van der Waals surface area (Å²) in [4.78, 5) is 4.22. The molecular weight excluding hydrogens is 444 g/mol. The molecule has 2 aromatic carbocycles. The lowest BCUT2D eigenvalue weighted by Crippen LogP contribution is -2.38. The molecule has 0 atom stereocenters. The molecule has 0 saturated carbocycles. The lowest BCUT2D eigenvalue weighted by Gasteiger charge is -2.12. The molecule has 0 aliphatic carbocycles. The summed E-state index contributed by atoms with van der Waals surface area (Å²) in [5, 5.41) is 6.59. The molecule has 0 saturated heterocycles. The van der Waals surface area contributed by atoms with Gasteiger partial charge in [0, 0.05) is 20.1 Å². The van der Waals surface area contributed by atoms with Gasteiger partial charge >= 0.3 is 0 Å². The van der Waals surface area contributed by atoms with Crippen molar-refractivity contribution in [1.82, 2.24) is 10.6 Å². The number of methoxy groups -OCH3 is 1. The molecule has 0 radical (unpaired) electrons. The second-order valence-electron chi connectivity index (χ2n) is 5.76. The largest absolute Gasteiger partial charge is 0.497 e. The summed E-state index contributed by atoms with van der Waals surface area (Å²) in [7, 11) is 3.43. The Labute approximate surface area is 172 Å². The van der Waals surface area contributed by atoms with Gasteiger partial charge in [0.1, 0.15) is 11.6 Å². The van der Waals surface area contributed by atoms with Crippen LogP contribution in [0.15, 0.2) is 53.5 Å². The molecule has 26 heavy (non-hydrogen) atoms. The minimum Gasteiger partial charge on any atom is -0.497 e. The van der Waals surface area contributed by atoms with Crippen LogP contribution in [0.5, 0.6) is 5.75 Å². The van der Waals surface area contributed by atoms with Gasteiger partial charge in [-0.3, -0.25) is 4.99 Å². The quantitative estimate of drug-likeness (QED) is 0.267. The van der Waals surface area contributed by atoms with E-state index < -0.39 is 0 Å². The average molecular weight is 471 g/mol. The summed E-state index contributed by atoms with van der Waals surface area (Å²) in [5.74, 6) is 1.47. The van der Waals surface area contributed by atoms with Gasteiger partial charge < -0.3 is 15.4 Å². The van der Waals surface area contributed by atoms with Crippen LogP contribution < -0.4 is 15.4 Å². The van der Waals surface area contributed by atoms with E-state index in [1.165, 1.54) is 11.6 Å². The van der Waals surface area contributed by atoms with Crippen LogP contribution in [-0.4, -0.2) is 33.2 Å². The van der Waals surface area contributed by atoms with E-state index in [-0.39, 0.29) is 29.8 Å².